The molecule has 0 bridgehead atoms. The Morgan fingerprint density at radius 3 is 2.71 bits per heavy atom. The van der Waals surface area contributed by atoms with E-state index in [4.69, 9.17) is 0 Å². The van der Waals surface area contributed by atoms with Gasteiger partial charge in [0.15, 0.2) is 5.65 Å². The molecule has 0 N–H and O–H groups in total. The van der Waals surface area contributed by atoms with Crippen LogP contribution < -0.4 is 4.90 Å². The molecule has 2 aromatic heterocycles. The molecule has 0 spiro atoms. The van der Waals surface area contributed by atoms with Crippen molar-refractivity contribution in [1.82, 2.24) is 24.7 Å². The van der Waals surface area contributed by atoms with E-state index in [9.17, 15) is 4.79 Å². The highest BCUT2D eigenvalue weighted by Crippen LogP contribution is 2.25. The van der Waals surface area contributed by atoms with E-state index in [-0.39, 0.29) is 0 Å². The van der Waals surface area contributed by atoms with Crippen molar-refractivity contribution in [2.24, 2.45) is 5.92 Å². The van der Waals surface area contributed by atoms with Crippen molar-refractivity contribution >= 4 is 17.4 Å². The first-order valence-corrected chi connectivity index (χ1v) is 8.91. The lowest BCUT2D eigenvalue weighted by atomic mass is 9.92. The largest absolute Gasteiger partial charge is 0.355 e. The van der Waals surface area contributed by atoms with Gasteiger partial charge in [0.1, 0.15) is 12.1 Å². The number of aromatic nitrogens is 4. The van der Waals surface area contributed by atoms with Crippen molar-refractivity contribution < 1.29 is 4.79 Å². The molecule has 1 amide bonds. The van der Waals surface area contributed by atoms with Gasteiger partial charge in [0.2, 0.25) is 5.91 Å². The number of anilines is 1. The zero-order valence-electron chi connectivity index (χ0n) is 14.6. The summed E-state index contributed by atoms with van der Waals surface area (Å²) in [4.78, 5) is 16.4. The van der Waals surface area contributed by atoms with Crippen LogP contribution in [0.5, 0.6) is 0 Å². The number of fused-ring (bicyclic) bond motifs is 1. The third-order valence-corrected chi connectivity index (χ3v) is 4.97. The van der Waals surface area contributed by atoms with Gasteiger partial charge in [0.25, 0.3) is 0 Å². The molecule has 2 aromatic rings. The molecule has 3 rings (SSSR count). The van der Waals surface area contributed by atoms with Crippen LogP contribution in [0.15, 0.2) is 18.5 Å². The van der Waals surface area contributed by atoms with Crippen molar-refractivity contribution in [3.05, 3.63) is 18.5 Å². The predicted molar refractivity (Wildman–Crippen MR) is 92.9 cm³/mol. The van der Waals surface area contributed by atoms with Crippen molar-refractivity contribution in [3.63, 3.8) is 0 Å². The second-order valence-electron chi connectivity index (χ2n) is 6.36. The topological polar surface area (TPSA) is 66.6 Å². The smallest absolute Gasteiger partial charge is 0.222 e. The lowest BCUT2D eigenvalue weighted by Crippen LogP contribution is -2.35. The van der Waals surface area contributed by atoms with Gasteiger partial charge in [-0.05, 0) is 51.2 Å². The van der Waals surface area contributed by atoms with Crippen molar-refractivity contribution in [1.29, 1.82) is 0 Å². The third-order valence-electron chi connectivity index (χ3n) is 4.97. The standard InChI is InChI=1S/C17H26N6O/c1-3-21(4-2)17(24)8-5-14-9-11-22(12-10-14)16-7-6-15-19-18-13-23(15)20-16/h6-7,13-14H,3-5,8-12H2,1-2H3. The summed E-state index contributed by atoms with van der Waals surface area (Å²) in [5.41, 5.74) is 0.767. The van der Waals surface area contributed by atoms with Gasteiger partial charge in [-0.3, -0.25) is 4.79 Å². The summed E-state index contributed by atoms with van der Waals surface area (Å²) < 4.78 is 1.71. The molecule has 3 heterocycles. The van der Waals surface area contributed by atoms with Gasteiger partial charge in [-0.15, -0.1) is 15.3 Å². The summed E-state index contributed by atoms with van der Waals surface area (Å²) in [5.74, 6) is 1.90. The number of carbonyl (C=O) groups is 1. The van der Waals surface area contributed by atoms with Gasteiger partial charge in [-0.25, -0.2) is 0 Å². The molecule has 1 fully saturated rings. The Morgan fingerprint density at radius 2 is 2.00 bits per heavy atom. The molecule has 130 valence electrons. The summed E-state index contributed by atoms with van der Waals surface area (Å²) in [6, 6.07) is 3.96. The molecule has 1 aliphatic rings. The maximum atomic E-state index is 12.1. The highest BCUT2D eigenvalue weighted by atomic mass is 16.2. The van der Waals surface area contributed by atoms with Crippen LogP contribution in [0.4, 0.5) is 5.82 Å². The Hall–Kier alpha value is -2.18. The van der Waals surface area contributed by atoms with Gasteiger partial charge in [-0.2, -0.15) is 4.52 Å². The Labute approximate surface area is 142 Å². The van der Waals surface area contributed by atoms with E-state index in [0.29, 0.717) is 18.2 Å². The number of amides is 1. The van der Waals surface area contributed by atoms with Crippen LogP contribution >= 0.6 is 0 Å². The van der Waals surface area contributed by atoms with E-state index < -0.39 is 0 Å². The summed E-state index contributed by atoms with van der Waals surface area (Å²) in [7, 11) is 0. The van der Waals surface area contributed by atoms with E-state index in [1.54, 1.807) is 10.8 Å². The SMILES string of the molecule is CCN(CC)C(=O)CCC1CCN(c2ccc3nncn3n2)CC1. The minimum atomic E-state index is 0.294. The molecule has 0 radical (unpaired) electrons. The van der Waals surface area contributed by atoms with Crippen molar-refractivity contribution in [3.8, 4) is 0 Å². The average molecular weight is 330 g/mol. The molecular formula is C17H26N6O. The molecule has 7 nitrogen and oxygen atoms in total. The van der Waals surface area contributed by atoms with Gasteiger partial charge < -0.3 is 9.80 Å². The van der Waals surface area contributed by atoms with E-state index in [1.165, 1.54) is 0 Å². The lowest BCUT2D eigenvalue weighted by Gasteiger charge is -2.32. The van der Waals surface area contributed by atoms with E-state index in [0.717, 1.165) is 56.9 Å². The quantitative estimate of drug-likeness (QED) is 0.810. The number of rotatable bonds is 6. The molecule has 0 aromatic carbocycles. The monoisotopic (exact) mass is 330 g/mol. The highest BCUT2D eigenvalue weighted by molar-refractivity contribution is 5.76. The van der Waals surface area contributed by atoms with Crippen LogP contribution in [0.2, 0.25) is 0 Å². The highest BCUT2D eigenvalue weighted by Gasteiger charge is 2.22. The first kappa shape index (κ1) is 16.7. The Kier molecular flexibility index (Phi) is 5.27. The summed E-state index contributed by atoms with van der Waals surface area (Å²) in [5, 5.41) is 12.4. The minimum absolute atomic E-state index is 0.294. The number of piperidine rings is 1. The van der Waals surface area contributed by atoms with Gasteiger partial charge in [-0.1, -0.05) is 0 Å². The molecule has 0 atom stereocenters. The second kappa shape index (κ2) is 7.59. The summed E-state index contributed by atoms with van der Waals surface area (Å²) >= 11 is 0. The summed E-state index contributed by atoms with van der Waals surface area (Å²) in [6.07, 6.45) is 5.55. The molecule has 0 saturated carbocycles. The Morgan fingerprint density at radius 1 is 1.25 bits per heavy atom. The van der Waals surface area contributed by atoms with Crippen LogP contribution in [-0.4, -0.2) is 56.8 Å². The van der Waals surface area contributed by atoms with E-state index in [1.807, 2.05) is 30.9 Å². The van der Waals surface area contributed by atoms with Crippen LogP contribution in [-0.2, 0) is 4.79 Å². The second-order valence-corrected chi connectivity index (χ2v) is 6.36. The maximum absolute atomic E-state index is 12.1. The Bertz CT molecular complexity index is 673. The normalized spacial score (nSPS) is 15.8. The van der Waals surface area contributed by atoms with Crippen molar-refractivity contribution in [2.45, 2.75) is 39.5 Å². The number of hydrogen-bond acceptors (Lipinski definition) is 5. The molecule has 7 heteroatoms. The van der Waals surface area contributed by atoms with Gasteiger partial charge in [0, 0.05) is 32.6 Å². The fourth-order valence-electron chi connectivity index (χ4n) is 3.40. The Balaban J connectivity index is 1.49. The first-order chi connectivity index (χ1) is 11.7. The fourth-order valence-corrected chi connectivity index (χ4v) is 3.40. The number of nitrogens with zero attached hydrogens (tertiary/aromatic N) is 6. The first-order valence-electron chi connectivity index (χ1n) is 8.91. The zero-order valence-corrected chi connectivity index (χ0v) is 14.6. The van der Waals surface area contributed by atoms with Crippen LogP contribution in [0.1, 0.15) is 39.5 Å². The van der Waals surface area contributed by atoms with Gasteiger partial charge >= 0.3 is 0 Å². The molecule has 24 heavy (non-hydrogen) atoms. The van der Waals surface area contributed by atoms with Gasteiger partial charge in [0.05, 0.1) is 0 Å². The molecule has 0 aliphatic carbocycles. The van der Waals surface area contributed by atoms with E-state index >= 15 is 0 Å². The molecule has 1 saturated heterocycles. The maximum Gasteiger partial charge on any atom is 0.222 e. The average Bonchev–Trinajstić information content (AvgIpc) is 3.09. The minimum Gasteiger partial charge on any atom is -0.355 e. The summed E-state index contributed by atoms with van der Waals surface area (Å²) in [6.45, 7) is 7.69. The van der Waals surface area contributed by atoms with Crippen LogP contribution in [0, 0.1) is 5.92 Å². The molecule has 1 aliphatic heterocycles. The lowest BCUT2D eigenvalue weighted by molar-refractivity contribution is -0.131. The van der Waals surface area contributed by atoms with Crippen LogP contribution in [0.25, 0.3) is 5.65 Å². The molecular weight excluding hydrogens is 304 g/mol. The number of hydrogen-bond donors (Lipinski definition) is 0. The third kappa shape index (κ3) is 3.66. The van der Waals surface area contributed by atoms with Crippen molar-refractivity contribution in [2.75, 3.05) is 31.1 Å². The molecule has 0 unspecified atom stereocenters. The number of carbonyl (C=O) groups excluding carboxylic acids is 1. The van der Waals surface area contributed by atoms with E-state index in [2.05, 4.69) is 20.2 Å². The zero-order chi connectivity index (χ0) is 16.9. The fraction of sp³-hybridized carbons (Fsp3) is 0.647. The van der Waals surface area contributed by atoms with Crippen LogP contribution in [0.3, 0.4) is 0 Å². The predicted octanol–water partition coefficient (Wildman–Crippen LogP) is 1.99.